The Balaban J connectivity index is 1.64. The quantitative estimate of drug-likeness (QED) is 0.905. The second kappa shape index (κ2) is 6.69. The number of ether oxygens (including phenoxy) is 1. The number of benzene rings is 1. The van der Waals surface area contributed by atoms with Gasteiger partial charge < -0.3 is 14.6 Å². The maximum atomic E-state index is 5.39. The van der Waals surface area contributed by atoms with Crippen molar-refractivity contribution in [2.75, 3.05) is 31.6 Å². The fourth-order valence-electron chi connectivity index (χ4n) is 2.42. The Hall–Kier alpha value is -1.92. The minimum Gasteiger partial charge on any atom is -0.379 e. The zero-order chi connectivity index (χ0) is 14.5. The molecule has 1 N–H and O–H groups in total. The number of anilines is 1. The predicted molar refractivity (Wildman–Crippen MR) is 78.9 cm³/mol. The summed E-state index contributed by atoms with van der Waals surface area (Å²) in [5.74, 6) is 1.27. The number of nitrogens with zero attached hydrogens (tertiary/aromatic N) is 3. The Kier molecular flexibility index (Phi) is 4.47. The molecule has 1 saturated heterocycles. The molecule has 1 aliphatic rings. The fourth-order valence-corrected chi connectivity index (χ4v) is 2.42. The summed E-state index contributed by atoms with van der Waals surface area (Å²) in [5, 5.41) is 7.29. The van der Waals surface area contributed by atoms with Crippen molar-refractivity contribution in [3.05, 3.63) is 41.5 Å². The van der Waals surface area contributed by atoms with Gasteiger partial charge in [-0.3, -0.25) is 4.90 Å². The Labute approximate surface area is 124 Å². The molecule has 0 saturated carbocycles. The first-order valence-corrected chi connectivity index (χ1v) is 7.22. The highest BCUT2D eigenvalue weighted by atomic mass is 16.5. The number of hydrogen-bond acceptors (Lipinski definition) is 6. The van der Waals surface area contributed by atoms with Crippen molar-refractivity contribution in [2.24, 2.45) is 0 Å². The van der Waals surface area contributed by atoms with E-state index < -0.39 is 0 Å². The molecule has 0 radical (unpaired) electrons. The highest BCUT2D eigenvalue weighted by molar-refractivity contribution is 5.51. The lowest BCUT2D eigenvalue weighted by molar-refractivity contribution is 0.0342. The van der Waals surface area contributed by atoms with Crippen LogP contribution in [-0.2, 0) is 17.8 Å². The van der Waals surface area contributed by atoms with Crippen LogP contribution in [0.1, 0.15) is 17.3 Å². The van der Waals surface area contributed by atoms with Crippen molar-refractivity contribution in [3.63, 3.8) is 0 Å². The summed E-state index contributed by atoms with van der Waals surface area (Å²) in [6.07, 6.45) is 0. The average molecular weight is 288 g/mol. The molecular weight excluding hydrogens is 268 g/mol. The Morgan fingerprint density at radius 1 is 1.24 bits per heavy atom. The van der Waals surface area contributed by atoms with E-state index in [-0.39, 0.29) is 0 Å². The van der Waals surface area contributed by atoms with E-state index in [0.717, 1.165) is 38.5 Å². The van der Waals surface area contributed by atoms with Gasteiger partial charge >= 0.3 is 0 Å². The van der Waals surface area contributed by atoms with Gasteiger partial charge in [0.1, 0.15) is 0 Å². The van der Waals surface area contributed by atoms with E-state index >= 15 is 0 Å². The molecule has 2 heterocycles. The summed E-state index contributed by atoms with van der Waals surface area (Å²) in [4.78, 5) is 6.61. The van der Waals surface area contributed by atoms with Gasteiger partial charge in [-0.05, 0) is 11.6 Å². The number of morpholine rings is 1. The molecule has 2 aromatic rings. The third-order valence-corrected chi connectivity index (χ3v) is 3.52. The fraction of sp³-hybridized carbons (Fsp3) is 0.467. The molecule has 21 heavy (non-hydrogen) atoms. The summed E-state index contributed by atoms with van der Waals surface area (Å²) >= 11 is 0. The van der Waals surface area contributed by atoms with E-state index in [0.29, 0.717) is 18.3 Å². The van der Waals surface area contributed by atoms with Crippen molar-refractivity contribution >= 4 is 5.69 Å². The van der Waals surface area contributed by atoms with E-state index in [9.17, 15) is 0 Å². The van der Waals surface area contributed by atoms with Crippen LogP contribution < -0.4 is 5.32 Å². The summed E-state index contributed by atoms with van der Waals surface area (Å²) in [5.41, 5.74) is 2.39. The van der Waals surface area contributed by atoms with Crippen LogP contribution in [-0.4, -0.2) is 41.3 Å². The van der Waals surface area contributed by atoms with Gasteiger partial charge in [-0.2, -0.15) is 4.98 Å². The first-order valence-electron chi connectivity index (χ1n) is 7.22. The van der Waals surface area contributed by atoms with E-state index in [4.69, 9.17) is 9.26 Å². The van der Waals surface area contributed by atoms with E-state index in [1.165, 1.54) is 5.56 Å². The maximum Gasteiger partial charge on any atom is 0.223 e. The molecule has 0 aliphatic carbocycles. The SMILES string of the molecule is Cc1nc(CNc2ccccc2CN2CCOCC2)no1. The molecule has 0 atom stereocenters. The van der Waals surface area contributed by atoms with Gasteiger partial charge in [-0.1, -0.05) is 23.4 Å². The smallest absolute Gasteiger partial charge is 0.223 e. The lowest BCUT2D eigenvalue weighted by Crippen LogP contribution is -2.35. The van der Waals surface area contributed by atoms with Crippen molar-refractivity contribution in [1.29, 1.82) is 0 Å². The number of rotatable bonds is 5. The van der Waals surface area contributed by atoms with Gasteiger partial charge in [-0.25, -0.2) is 0 Å². The second-order valence-electron chi connectivity index (χ2n) is 5.13. The largest absolute Gasteiger partial charge is 0.379 e. The predicted octanol–water partition coefficient (Wildman–Crippen LogP) is 1.82. The summed E-state index contributed by atoms with van der Waals surface area (Å²) < 4.78 is 10.4. The van der Waals surface area contributed by atoms with Gasteiger partial charge in [0.05, 0.1) is 19.8 Å². The van der Waals surface area contributed by atoms with Gasteiger partial charge in [0.15, 0.2) is 5.82 Å². The summed E-state index contributed by atoms with van der Waals surface area (Å²) in [7, 11) is 0. The molecule has 112 valence electrons. The zero-order valence-corrected chi connectivity index (χ0v) is 12.2. The highest BCUT2D eigenvalue weighted by Gasteiger charge is 2.12. The molecule has 0 bridgehead atoms. The van der Waals surface area contributed by atoms with Crippen molar-refractivity contribution < 1.29 is 9.26 Å². The van der Waals surface area contributed by atoms with Crippen LogP contribution in [0.3, 0.4) is 0 Å². The van der Waals surface area contributed by atoms with Crippen LogP contribution in [0.25, 0.3) is 0 Å². The highest BCUT2D eigenvalue weighted by Crippen LogP contribution is 2.18. The Bertz CT molecular complexity index is 579. The molecule has 0 amide bonds. The first-order chi connectivity index (χ1) is 10.3. The Morgan fingerprint density at radius 2 is 2.05 bits per heavy atom. The van der Waals surface area contributed by atoms with Crippen LogP contribution in [0, 0.1) is 6.92 Å². The van der Waals surface area contributed by atoms with Crippen LogP contribution in [0.4, 0.5) is 5.69 Å². The van der Waals surface area contributed by atoms with Crippen LogP contribution in [0.15, 0.2) is 28.8 Å². The molecule has 1 aromatic carbocycles. The van der Waals surface area contributed by atoms with Gasteiger partial charge in [-0.15, -0.1) is 0 Å². The number of para-hydroxylation sites is 1. The Morgan fingerprint density at radius 3 is 2.81 bits per heavy atom. The molecule has 6 heteroatoms. The average Bonchev–Trinajstić information content (AvgIpc) is 2.93. The minimum absolute atomic E-state index is 0.567. The van der Waals surface area contributed by atoms with Gasteiger partial charge in [0.2, 0.25) is 5.89 Å². The molecule has 0 unspecified atom stereocenters. The number of aryl methyl sites for hydroxylation is 1. The van der Waals surface area contributed by atoms with Crippen molar-refractivity contribution in [3.8, 4) is 0 Å². The first kappa shape index (κ1) is 14.0. The van der Waals surface area contributed by atoms with E-state index in [2.05, 4.69) is 38.6 Å². The van der Waals surface area contributed by atoms with E-state index in [1.54, 1.807) is 6.92 Å². The lowest BCUT2D eigenvalue weighted by atomic mass is 10.1. The van der Waals surface area contributed by atoms with Crippen LogP contribution in [0.5, 0.6) is 0 Å². The minimum atomic E-state index is 0.567. The van der Waals surface area contributed by atoms with Crippen molar-refractivity contribution in [1.82, 2.24) is 15.0 Å². The molecule has 0 spiro atoms. The monoisotopic (exact) mass is 288 g/mol. The molecular formula is C15H20N4O2. The molecule has 6 nitrogen and oxygen atoms in total. The third kappa shape index (κ3) is 3.80. The van der Waals surface area contributed by atoms with Gasteiger partial charge in [0.25, 0.3) is 0 Å². The molecule has 1 fully saturated rings. The molecule has 1 aliphatic heterocycles. The standard InChI is InChI=1S/C15H20N4O2/c1-12-17-15(18-21-12)10-16-14-5-3-2-4-13(14)11-19-6-8-20-9-7-19/h2-5,16H,6-11H2,1H3. The van der Waals surface area contributed by atoms with Crippen molar-refractivity contribution in [2.45, 2.75) is 20.0 Å². The second-order valence-corrected chi connectivity index (χ2v) is 5.13. The summed E-state index contributed by atoms with van der Waals surface area (Å²) in [6, 6.07) is 8.34. The van der Waals surface area contributed by atoms with Crippen LogP contribution in [0.2, 0.25) is 0 Å². The zero-order valence-electron chi connectivity index (χ0n) is 12.2. The lowest BCUT2D eigenvalue weighted by Gasteiger charge is -2.27. The third-order valence-electron chi connectivity index (χ3n) is 3.52. The molecule has 3 rings (SSSR count). The number of nitrogens with one attached hydrogen (secondary N) is 1. The maximum absolute atomic E-state index is 5.39. The van der Waals surface area contributed by atoms with E-state index in [1.807, 2.05) is 6.07 Å². The van der Waals surface area contributed by atoms with Crippen LogP contribution >= 0.6 is 0 Å². The van der Waals surface area contributed by atoms with Gasteiger partial charge in [0, 0.05) is 32.2 Å². The number of hydrogen-bond donors (Lipinski definition) is 1. The normalized spacial score (nSPS) is 16.0. The topological polar surface area (TPSA) is 63.4 Å². The molecule has 1 aromatic heterocycles. The summed E-state index contributed by atoms with van der Waals surface area (Å²) in [6.45, 7) is 6.89. The number of aromatic nitrogens is 2.